The summed E-state index contributed by atoms with van der Waals surface area (Å²) >= 11 is 0. The number of amides is 1. The highest BCUT2D eigenvalue weighted by atomic mass is 19.1. The Hall–Kier alpha value is -1.62. The van der Waals surface area contributed by atoms with Crippen LogP contribution in [0.2, 0.25) is 0 Å². The van der Waals surface area contributed by atoms with Crippen LogP contribution in [0.4, 0.5) is 10.1 Å². The van der Waals surface area contributed by atoms with Crippen molar-refractivity contribution in [3.8, 4) is 5.75 Å². The van der Waals surface area contributed by atoms with Crippen LogP contribution < -0.4 is 15.8 Å². The fourth-order valence-electron chi connectivity index (χ4n) is 2.60. The van der Waals surface area contributed by atoms with Gasteiger partial charge in [0, 0.05) is 11.8 Å². The number of anilines is 1. The van der Waals surface area contributed by atoms with Gasteiger partial charge in [0.25, 0.3) is 0 Å². The van der Waals surface area contributed by atoms with Crippen LogP contribution in [0.15, 0.2) is 18.2 Å². The average Bonchev–Trinajstić information content (AvgIpc) is 3.01. The molecule has 1 aliphatic carbocycles. The molecular formula is C17H25FN2O2. The molecule has 1 aliphatic rings. The number of nitrogens with one attached hydrogen (secondary N) is 1. The summed E-state index contributed by atoms with van der Waals surface area (Å²) in [4.78, 5) is 12.0. The molecule has 0 heterocycles. The van der Waals surface area contributed by atoms with E-state index >= 15 is 0 Å². The highest BCUT2D eigenvalue weighted by molar-refractivity contribution is 5.94. The average molecular weight is 308 g/mol. The van der Waals surface area contributed by atoms with Crippen molar-refractivity contribution >= 4 is 11.6 Å². The molecule has 0 radical (unpaired) electrons. The first-order valence-corrected chi connectivity index (χ1v) is 8.04. The predicted molar refractivity (Wildman–Crippen MR) is 85.3 cm³/mol. The van der Waals surface area contributed by atoms with Crippen LogP contribution in [0, 0.1) is 11.7 Å². The van der Waals surface area contributed by atoms with E-state index in [1.807, 2.05) is 13.8 Å². The van der Waals surface area contributed by atoms with E-state index in [2.05, 4.69) is 5.32 Å². The van der Waals surface area contributed by atoms with E-state index < -0.39 is 11.9 Å². The minimum absolute atomic E-state index is 0.0785. The van der Waals surface area contributed by atoms with Crippen LogP contribution >= 0.6 is 0 Å². The molecule has 2 unspecified atom stereocenters. The molecule has 1 aromatic rings. The maximum atomic E-state index is 14.1. The first kappa shape index (κ1) is 16.7. The molecule has 1 fully saturated rings. The zero-order valence-corrected chi connectivity index (χ0v) is 13.3. The lowest BCUT2D eigenvalue weighted by molar-refractivity contribution is -0.118. The third-order valence-corrected chi connectivity index (χ3v) is 4.36. The van der Waals surface area contributed by atoms with Gasteiger partial charge in [-0.1, -0.05) is 20.3 Å². The number of benzene rings is 1. The molecule has 1 aromatic carbocycles. The lowest BCUT2D eigenvalue weighted by atomic mass is 9.99. The summed E-state index contributed by atoms with van der Waals surface area (Å²) in [6.07, 6.45) is 5.14. The van der Waals surface area contributed by atoms with Crippen molar-refractivity contribution in [2.45, 2.75) is 58.1 Å². The number of carbonyl (C=O) groups excluding carboxylic acids is 1. The lowest BCUT2D eigenvalue weighted by Gasteiger charge is -2.18. The van der Waals surface area contributed by atoms with Crippen molar-refractivity contribution in [3.63, 3.8) is 0 Å². The van der Waals surface area contributed by atoms with Crippen LogP contribution in [0.25, 0.3) is 0 Å². The SMILES string of the molecule is CCC(C)C(N)C(=O)Nc1ccc(OC2CCCC2)c(F)c1. The minimum atomic E-state index is -0.595. The Kier molecular flexibility index (Phi) is 5.77. The second-order valence-corrected chi connectivity index (χ2v) is 6.07. The quantitative estimate of drug-likeness (QED) is 0.846. The summed E-state index contributed by atoms with van der Waals surface area (Å²) in [5.41, 5.74) is 6.27. The monoisotopic (exact) mass is 308 g/mol. The Morgan fingerprint density at radius 3 is 2.73 bits per heavy atom. The molecule has 1 amide bonds. The van der Waals surface area contributed by atoms with Gasteiger partial charge in [-0.15, -0.1) is 0 Å². The number of rotatable bonds is 6. The van der Waals surface area contributed by atoms with E-state index in [4.69, 9.17) is 10.5 Å². The summed E-state index contributed by atoms with van der Waals surface area (Å²) in [6.45, 7) is 3.90. The number of nitrogens with two attached hydrogens (primary N) is 1. The highest BCUT2D eigenvalue weighted by Crippen LogP contribution is 2.27. The minimum Gasteiger partial charge on any atom is -0.487 e. The van der Waals surface area contributed by atoms with Gasteiger partial charge in [-0.3, -0.25) is 4.79 Å². The normalized spacial score (nSPS) is 18.0. The Bertz CT molecular complexity index is 515. The summed E-state index contributed by atoms with van der Waals surface area (Å²) in [5.74, 6) is -0.425. The van der Waals surface area contributed by atoms with Gasteiger partial charge in [0.1, 0.15) is 0 Å². The summed E-state index contributed by atoms with van der Waals surface area (Å²) in [5, 5.41) is 2.66. The van der Waals surface area contributed by atoms with Gasteiger partial charge in [-0.2, -0.15) is 0 Å². The molecule has 0 spiro atoms. The Morgan fingerprint density at radius 2 is 2.14 bits per heavy atom. The molecule has 2 atom stereocenters. The van der Waals surface area contributed by atoms with Crippen molar-refractivity contribution in [2.75, 3.05) is 5.32 Å². The third-order valence-electron chi connectivity index (χ3n) is 4.36. The van der Waals surface area contributed by atoms with Crippen LogP contribution in [0.3, 0.4) is 0 Å². The van der Waals surface area contributed by atoms with Crippen LogP contribution in [-0.2, 0) is 4.79 Å². The maximum absolute atomic E-state index is 14.1. The zero-order chi connectivity index (χ0) is 16.1. The van der Waals surface area contributed by atoms with E-state index in [9.17, 15) is 9.18 Å². The first-order valence-electron chi connectivity index (χ1n) is 8.04. The fourth-order valence-corrected chi connectivity index (χ4v) is 2.60. The molecule has 0 saturated heterocycles. The first-order chi connectivity index (χ1) is 10.5. The van der Waals surface area contributed by atoms with Crippen molar-refractivity contribution in [1.29, 1.82) is 0 Å². The van der Waals surface area contributed by atoms with Crippen LogP contribution in [0.1, 0.15) is 46.0 Å². The summed E-state index contributed by atoms with van der Waals surface area (Å²) in [7, 11) is 0. The molecule has 122 valence electrons. The Balaban J connectivity index is 1.98. The standard InChI is InChI=1S/C17H25FN2O2/c1-3-11(2)16(19)17(21)20-12-8-9-15(14(18)10-12)22-13-6-4-5-7-13/h8-11,13,16H,3-7,19H2,1-2H3,(H,20,21). The van der Waals surface area contributed by atoms with Gasteiger partial charge in [0.2, 0.25) is 5.91 Å². The molecule has 0 aromatic heterocycles. The van der Waals surface area contributed by atoms with E-state index in [0.717, 1.165) is 32.1 Å². The molecule has 0 aliphatic heterocycles. The summed E-state index contributed by atoms with van der Waals surface area (Å²) in [6, 6.07) is 3.90. The Morgan fingerprint density at radius 1 is 1.45 bits per heavy atom. The molecule has 1 saturated carbocycles. The predicted octanol–water partition coefficient (Wildman–Crippen LogP) is 3.46. The van der Waals surface area contributed by atoms with Gasteiger partial charge in [-0.25, -0.2) is 4.39 Å². The van der Waals surface area contributed by atoms with Crippen molar-refractivity contribution in [3.05, 3.63) is 24.0 Å². The van der Waals surface area contributed by atoms with Gasteiger partial charge >= 0.3 is 0 Å². The maximum Gasteiger partial charge on any atom is 0.241 e. The number of carbonyl (C=O) groups is 1. The Labute approximate surface area is 131 Å². The van der Waals surface area contributed by atoms with E-state index in [0.29, 0.717) is 5.69 Å². The fraction of sp³-hybridized carbons (Fsp3) is 0.588. The number of ether oxygens (including phenoxy) is 1. The van der Waals surface area contributed by atoms with Crippen LogP contribution in [-0.4, -0.2) is 18.1 Å². The number of hydrogen-bond acceptors (Lipinski definition) is 3. The largest absolute Gasteiger partial charge is 0.487 e. The van der Waals surface area contributed by atoms with Crippen molar-refractivity contribution in [2.24, 2.45) is 11.7 Å². The molecular weight excluding hydrogens is 283 g/mol. The van der Waals surface area contributed by atoms with Gasteiger partial charge in [-0.05, 0) is 43.7 Å². The molecule has 0 bridgehead atoms. The van der Waals surface area contributed by atoms with Crippen LogP contribution in [0.5, 0.6) is 5.75 Å². The van der Waals surface area contributed by atoms with E-state index in [1.54, 1.807) is 12.1 Å². The molecule has 5 heteroatoms. The van der Waals surface area contributed by atoms with Gasteiger partial charge in [0.15, 0.2) is 11.6 Å². The van der Waals surface area contributed by atoms with Gasteiger partial charge in [0.05, 0.1) is 12.1 Å². The topological polar surface area (TPSA) is 64.4 Å². The lowest BCUT2D eigenvalue weighted by Crippen LogP contribution is -2.40. The number of halogens is 1. The zero-order valence-electron chi connectivity index (χ0n) is 13.3. The van der Waals surface area contributed by atoms with Gasteiger partial charge < -0.3 is 15.8 Å². The molecule has 22 heavy (non-hydrogen) atoms. The molecule has 4 nitrogen and oxygen atoms in total. The van der Waals surface area contributed by atoms with Crippen molar-refractivity contribution in [1.82, 2.24) is 0 Å². The second-order valence-electron chi connectivity index (χ2n) is 6.07. The molecule has 3 N–H and O–H groups in total. The second kappa shape index (κ2) is 7.58. The number of hydrogen-bond donors (Lipinski definition) is 2. The van der Waals surface area contributed by atoms with E-state index in [1.165, 1.54) is 6.07 Å². The highest BCUT2D eigenvalue weighted by Gasteiger charge is 2.21. The smallest absolute Gasteiger partial charge is 0.241 e. The third kappa shape index (κ3) is 4.19. The van der Waals surface area contributed by atoms with E-state index in [-0.39, 0.29) is 23.7 Å². The van der Waals surface area contributed by atoms with Crippen molar-refractivity contribution < 1.29 is 13.9 Å². The molecule has 2 rings (SSSR count). The summed E-state index contributed by atoms with van der Waals surface area (Å²) < 4.78 is 19.7.